The topological polar surface area (TPSA) is 155 Å². The molecule has 0 aliphatic carbocycles. The Balaban J connectivity index is 4.27. The maximum absolute atomic E-state index is 12.6. The molecule has 0 rings (SSSR count). The number of esters is 1. The second-order valence-corrected chi connectivity index (χ2v) is 14.9. The van der Waals surface area contributed by atoms with Gasteiger partial charge >= 0.3 is 19.8 Å². The van der Waals surface area contributed by atoms with Crippen LogP contribution >= 0.6 is 7.82 Å². The molecule has 0 radical (unpaired) electrons. The number of carboxylic acid groups (broad SMARTS) is 1. The maximum Gasteiger partial charge on any atom is 0.472 e. The van der Waals surface area contributed by atoms with E-state index < -0.39 is 45.1 Å². The zero-order valence-electron chi connectivity index (χ0n) is 31.3. The van der Waals surface area contributed by atoms with Gasteiger partial charge in [-0.1, -0.05) is 148 Å². The largest absolute Gasteiger partial charge is 0.480 e. The Morgan fingerprint density at radius 1 is 0.633 bits per heavy atom. The summed E-state index contributed by atoms with van der Waals surface area (Å²) in [6, 6.07) is -1.47. The van der Waals surface area contributed by atoms with E-state index in [1.54, 1.807) is 0 Å². The first-order valence-corrected chi connectivity index (χ1v) is 21.2. The molecular formula is C38H74NO9P. The van der Waals surface area contributed by atoms with Gasteiger partial charge in [0.25, 0.3) is 0 Å². The first kappa shape index (κ1) is 47.7. The van der Waals surface area contributed by atoms with Crippen LogP contribution in [0.5, 0.6) is 0 Å². The molecule has 0 amide bonds. The van der Waals surface area contributed by atoms with Crippen LogP contribution in [0.4, 0.5) is 0 Å². The van der Waals surface area contributed by atoms with E-state index in [-0.39, 0.29) is 13.0 Å². The van der Waals surface area contributed by atoms with Gasteiger partial charge in [0.15, 0.2) is 0 Å². The zero-order valence-corrected chi connectivity index (χ0v) is 32.2. The number of carbonyl (C=O) groups excluding carboxylic acids is 1. The van der Waals surface area contributed by atoms with Crippen molar-refractivity contribution in [2.24, 2.45) is 5.73 Å². The summed E-state index contributed by atoms with van der Waals surface area (Å²) in [4.78, 5) is 33.4. The Hall–Kier alpha value is -1.29. The van der Waals surface area contributed by atoms with Gasteiger partial charge in [-0.05, 0) is 38.5 Å². The number of carbonyl (C=O) groups is 2. The first-order chi connectivity index (χ1) is 23.7. The van der Waals surface area contributed by atoms with Gasteiger partial charge in [0.1, 0.15) is 12.1 Å². The second kappa shape index (κ2) is 35.1. The third kappa shape index (κ3) is 34.9. The fraction of sp³-hybridized carbons (Fsp3) is 0.895. The maximum atomic E-state index is 12.6. The molecule has 0 spiro atoms. The summed E-state index contributed by atoms with van der Waals surface area (Å²) in [5.41, 5.74) is 5.34. The molecule has 49 heavy (non-hydrogen) atoms. The van der Waals surface area contributed by atoms with E-state index in [0.717, 1.165) is 38.5 Å². The van der Waals surface area contributed by atoms with Crippen LogP contribution in [0.3, 0.4) is 0 Å². The van der Waals surface area contributed by atoms with Gasteiger partial charge in [-0.15, -0.1) is 0 Å². The molecule has 0 aromatic heterocycles. The molecule has 0 saturated carbocycles. The minimum Gasteiger partial charge on any atom is -0.480 e. The molecule has 4 N–H and O–H groups in total. The van der Waals surface area contributed by atoms with Crippen LogP contribution in [-0.2, 0) is 32.7 Å². The summed E-state index contributed by atoms with van der Waals surface area (Å²) in [5.74, 6) is -1.78. The number of ether oxygens (including phenoxy) is 2. The van der Waals surface area contributed by atoms with Gasteiger partial charge in [0, 0.05) is 13.0 Å². The van der Waals surface area contributed by atoms with Crippen LogP contribution in [0.25, 0.3) is 0 Å². The average molecular weight is 720 g/mol. The highest BCUT2D eigenvalue weighted by atomic mass is 31.2. The summed E-state index contributed by atoms with van der Waals surface area (Å²) in [5, 5.41) is 8.86. The number of hydrogen-bond acceptors (Lipinski definition) is 8. The fourth-order valence-electron chi connectivity index (χ4n) is 5.42. The van der Waals surface area contributed by atoms with Gasteiger partial charge in [-0.2, -0.15) is 0 Å². The van der Waals surface area contributed by atoms with E-state index in [9.17, 15) is 19.0 Å². The van der Waals surface area contributed by atoms with Gasteiger partial charge in [0.2, 0.25) is 0 Å². The number of hydrogen-bond donors (Lipinski definition) is 3. The van der Waals surface area contributed by atoms with Crippen molar-refractivity contribution in [2.45, 2.75) is 193 Å². The quantitative estimate of drug-likeness (QED) is 0.0243. The van der Waals surface area contributed by atoms with E-state index in [2.05, 4.69) is 26.0 Å². The number of aliphatic carboxylic acids is 1. The van der Waals surface area contributed by atoms with E-state index in [0.29, 0.717) is 13.0 Å². The van der Waals surface area contributed by atoms with Crippen LogP contribution in [0.2, 0.25) is 0 Å². The second-order valence-electron chi connectivity index (χ2n) is 13.4. The van der Waals surface area contributed by atoms with Crippen molar-refractivity contribution in [3.05, 3.63) is 12.2 Å². The van der Waals surface area contributed by atoms with Gasteiger partial charge in [-0.25, -0.2) is 4.57 Å². The van der Waals surface area contributed by atoms with Crippen molar-refractivity contribution in [1.82, 2.24) is 0 Å². The first-order valence-electron chi connectivity index (χ1n) is 19.7. The molecule has 3 unspecified atom stereocenters. The molecule has 0 aliphatic rings. The van der Waals surface area contributed by atoms with E-state index >= 15 is 0 Å². The molecule has 0 aliphatic heterocycles. The highest BCUT2D eigenvalue weighted by molar-refractivity contribution is 7.47. The van der Waals surface area contributed by atoms with E-state index in [1.165, 1.54) is 116 Å². The molecule has 3 atom stereocenters. The van der Waals surface area contributed by atoms with Crippen molar-refractivity contribution >= 4 is 19.8 Å². The van der Waals surface area contributed by atoms with Crippen LogP contribution in [0.1, 0.15) is 181 Å². The van der Waals surface area contributed by atoms with Crippen molar-refractivity contribution in [3.8, 4) is 0 Å². The zero-order chi connectivity index (χ0) is 36.3. The van der Waals surface area contributed by atoms with Crippen LogP contribution in [-0.4, -0.2) is 60.5 Å². The lowest BCUT2D eigenvalue weighted by atomic mass is 10.0. The van der Waals surface area contributed by atoms with E-state index in [1.807, 2.05) is 0 Å². The lowest BCUT2D eigenvalue weighted by Gasteiger charge is -2.20. The third-order valence-electron chi connectivity index (χ3n) is 8.54. The highest BCUT2D eigenvalue weighted by Gasteiger charge is 2.27. The Labute approximate surface area is 299 Å². The van der Waals surface area contributed by atoms with Crippen LogP contribution < -0.4 is 5.73 Å². The molecular weight excluding hydrogens is 645 g/mol. The van der Waals surface area contributed by atoms with Crippen molar-refractivity contribution in [3.63, 3.8) is 0 Å². The highest BCUT2D eigenvalue weighted by Crippen LogP contribution is 2.43. The van der Waals surface area contributed by atoms with Crippen molar-refractivity contribution in [1.29, 1.82) is 0 Å². The number of unbranched alkanes of at least 4 members (excludes halogenated alkanes) is 22. The Kier molecular flexibility index (Phi) is 34.2. The minimum atomic E-state index is -4.60. The molecule has 0 saturated heterocycles. The molecule has 11 heteroatoms. The summed E-state index contributed by atoms with van der Waals surface area (Å²) >= 11 is 0. The summed E-state index contributed by atoms with van der Waals surface area (Å²) in [6.07, 6.45) is 34.0. The monoisotopic (exact) mass is 720 g/mol. The molecule has 0 fully saturated rings. The summed E-state index contributed by atoms with van der Waals surface area (Å²) in [7, 11) is -4.60. The average Bonchev–Trinajstić information content (AvgIpc) is 3.07. The molecule has 0 aromatic rings. The number of phosphoric ester groups is 1. The normalized spacial score (nSPS) is 14.2. The fourth-order valence-corrected chi connectivity index (χ4v) is 6.20. The lowest BCUT2D eigenvalue weighted by Crippen LogP contribution is -2.34. The smallest absolute Gasteiger partial charge is 0.472 e. The number of carboxylic acids is 1. The molecule has 0 aromatic carbocycles. The van der Waals surface area contributed by atoms with Crippen LogP contribution in [0, 0.1) is 0 Å². The summed E-state index contributed by atoms with van der Waals surface area (Å²) in [6.45, 7) is 3.86. The summed E-state index contributed by atoms with van der Waals surface area (Å²) < 4.78 is 33.2. The SMILES string of the molecule is CCCCCCC/C=C\CCCCCCCCOCC(COP(=O)(O)OCC(N)C(=O)O)OC(=O)CCCCCCCCCCCCCC. The van der Waals surface area contributed by atoms with Crippen LogP contribution in [0.15, 0.2) is 12.2 Å². The number of allylic oxidation sites excluding steroid dienone is 2. The number of phosphoric acid groups is 1. The number of rotatable bonds is 38. The van der Waals surface area contributed by atoms with Gasteiger partial charge < -0.3 is 25.2 Å². The predicted octanol–water partition coefficient (Wildman–Crippen LogP) is 10.2. The Morgan fingerprint density at radius 3 is 1.55 bits per heavy atom. The molecule has 0 heterocycles. The Morgan fingerprint density at radius 2 is 1.06 bits per heavy atom. The predicted molar refractivity (Wildman–Crippen MR) is 199 cm³/mol. The molecule has 10 nitrogen and oxygen atoms in total. The number of nitrogens with two attached hydrogens (primary N) is 1. The standard InChI is InChI=1S/C38H74NO9P/c1-3-5-7-9-11-13-15-17-18-19-21-23-25-27-29-31-45-32-35(33-46-49(43,44)47-34-36(39)38(41)42)48-37(40)30-28-26-24-22-20-16-14-12-10-8-6-4-2/h15,17,35-36H,3-14,16,18-34,39H2,1-2H3,(H,41,42)(H,43,44)/b17-15-. The van der Waals surface area contributed by atoms with Crippen molar-refractivity contribution in [2.75, 3.05) is 26.4 Å². The lowest BCUT2D eigenvalue weighted by molar-refractivity contribution is -0.154. The third-order valence-corrected chi connectivity index (χ3v) is 9.50. The minimum absolute atomic E-state index is 0.0176. The molecule has 290 valence electrons. The van der Waals surface area contributed by atoms with Gasteiger partial charge in [-0.3, -0.25) is 18.6 Å². The van der Waals surface area contributed by atoms with Crippen molar-refractivity contribution < 1.29 is 42.7 Å². The van der Waals surface area contributed by atoms with Gasteiger partial charge in [0.05, 0.1) is 19.8 Å². The Bertz CT molecular complexity index is 842. The van der Waals surface area contributed by atoms with E-state index in [4.69, 9.17) is 29.4 Å². The molecule has 0 bridgehead atoms.